The van der Waals surface area contributed by atoms with Crippen molar-refractivity contribution in [1.29, 1.82) is 0 Å². The Labute approximate surface area is 233 Å². The average molecular weight is 538 g/mol. The molecule has 0 bridgehead atoms. The zero-order chi connectivity index (χ0) is 28.4. The summed E-state index contributed by atoms with van der Waals surface area (Å²) in [5.74, 6) is -0.385. The quantitative estimate of drug-likeness (QED) is 0.265. The first-order chi connectivity index (χ1) is 19.2. The Morgan fingerprint density at radius 2 is 1.50 bits per heavy atom. The van der Waals surface area contributed by atoms with E-state index >= 15 is 0 Å². The van der Waals surface area contributed by atoms with Gasteiger partial charge in [-0.3, -0.25) is 14.5 Å². The molecule has 0 aromatic heterocycles. The van der Waals surface area contributed by atoms with Gasteiger partial charge in [0, 0.05) is 22.4 Å². The van der Waals surface area contributed by atoms with E-state index < -0.39 is 23.6 Å². The lowest BCUT2D eigenvalue weighted by Crippen LogP contribution is -2.55. The number of ketones is 1. The van der Waals surface area contributed by atoms with E-state index in [2.05, 4.69) is 0 Å². The van der Waals surface area contributed by atoms with Crippen LogP contribution < -0.4 is 9.64 Å². The van der Waals surface area contributed by atoms with Crippen molar-refractivity contribution in [2.45, 2.75) is 51.4 Å². The van der Waals surface area contributed by atoms with Gasteiger partial charge in [0.1, 0.15) is 23.3 Å². The van der Waals surface area contributed by atoms with Gasteiger partial charge in [0.15, 0.2) is 5.78 Å². The summed E-state index contributed by atoms with van der Waals surface area (Å²) in [4.78, 5) is 28.3. The molecule has 0 spiro atoms. The van der Waals surface area contributed by atoms with Crippen molar-refractivity contribution in [3.8, 4) is 5.75 Å². The molecule has 5 nitrogen and oxygen atoms in total. The molecule has 6 heteroatoms. The predicted octanol–water partition coefficient (Wildman–Crippen LogP) is 6.73. The summed E-state index contributed by atoms with van der Waals surface area (Å²) in [6.45, 7) is 5.06. The topological polar surface area (TPSA) is 66.8 Å². The number of Topliss-reactive ketones (excluding diaryl/α,β-unsaturated/α-hetero) is 1. The molecule has 1 N–H and O–H groups in total. The highest BCUT2D eigenvalue weighted by Crippen LogP contribution is 2.47. The van der Waals surface area contributed by atoms with E-state index in [1.165, 1.54) is 36.1 Å². The zero-order valence-corrected chi connectivity index (χ0v) is 22.8. The maximum absolute atomic E-state index is 14.1. The molecular weight excluding hydrogens is 505 g/mol. The molecule has 0 unspecified atom stereocenters. The van der Waals surface area contributed by atoms with Gasteiger partial charge in [0.2, 0.25) is 0 Å². The van der Waals surface area contributed by atoms with E-state index in [-0.39, 0.29) is 11.7 Å². The van der Waals surface area contributed by atoms with Gasteiger partial charge in [-0.2, -0.15) is 0 Å². The van der Waals surface area contributed by atoms with Crippen molar-refractivity contribution in [3.63, 3.8) is 0 Å². The van der Waals surface area contributed by atoms with Crippen molar-refractivity contribution in [2.24, 2.45) is 0 Å². The number of hydrogen-bond acceptors (Lipinski definition) is 4. The Bertz CT molecular complexity index is 1520. The summed E-state index contributed by atoms with van der Waals surface area (Å²) in [5, 5.41) is 11.8. The SMILES string of the molecule is CC(=O)c1cc(CCc2ccccc2)c2c(c1)[C@@H](N(C(=O)c1ccccc1)c1ccc(F)cc1)[C@H](O)C(C)(C)O2. The number of aliphatic hydroxyl groups is 1. The lowest BCUT2D eigenvalue weighted by molar-refractivity contribution is -0.0582. The molecule has 204 valence electrons. The third kappa shape index (κ3) is 5.40. The predicted molar refractivity (Wildman–Crippen MR) is 153 cm³/mol. The van der Waals surface area contributed by atoms with Crippen molar-refractivity contribution in [2.75, 3.05) is 4.90 Å². The maximum atomic E-state index is 14.1. The Balaban J connectivity index is 1.70. The van der Waals surface area contributed by atoms with Gasteiger partial charge in [-0.25, -0.2) is 4.39 Å². The normalized spacial score (nSPS) is 17.4. The first kappa shape index (κ1) is 27.3. The van der Waals surface area contributed by atoms with Gasteiger partial charge in [-0.1, -0.05) is 48.5 Å². The second-order valence-corrected chi connectivity index (χ2v) is 10.7. The second-order valence-electron chi connectivity index (χ2n) is 10.7. The van der Waals surface area contributed by atoms with Crippen LogP contribution in [0.5, 0.6) is 5.75 Å². The Morgan fingerprint density at radius 1 is 0.875 bits per heavy atom. The van der Waals surface area contributed by atoms with Crippen molar-refractivity contribution >= 4 is 17.4 Å². The number of halogens is 1. The molecule has 1 amide bonds. The highest BCUT2D eigenvalue weighted by Gasteiger charge is 2.48. The van der Waals surface area contributed by atoms with Gasteiger partial charge in [-0.05, 0) is 93.3 Å². The fraction of sp³-hybridized carbons (Fsp3) is 0.235. The Morgan fingerprint density at radius 3 is 2.12 bits per heavy atom. The van der Waals surface area contributed by atoms with Crippen molar-refractivity contribution in [1.82, 2.24) is 0 Å². The summed E-state index contributed by atoms with van der Waals surface area (Å²) >= 11 is 0. The van der Waals surface area contributed by atoms with Crippen molar-refractivity contribution in [3.05, 3.63) is 131 Å². The lowest BCUT2D eigenvalue weighted by Gasteiger charge is -2.47. The Hall–Kier alpha value is -4.29. The first-order valence-corrected chi connectivity index (χ1v) is 13.4. The summed E-state index contributed by atoms with van der Waals surface area (Å²) in [6.07, 6.45) is 0.146. The summed E-state index contributed by atoms with van der Waals surface area (Å²) in [5.41, 5.74) is 2.72. The van der Waals surface area contributed by atoms with Crippen LogP contribution in [0, 0.1) is 5.82 Å². The number of hydrogen-bond donors (Lipinski definition) is 1. The van der Waals surface area contributed by atoms with Gasteiger partial charge in [-0.15, -0.1) is 0 Å². The van der Waals surface area contributed by atoms with Crippen LogP contribution in [0.1, 0.15) is 64.2 Å². The van der Waals surface area contributed by atoms with Gasteiger partial charge >= 0.3 is 0 Å². The lowest BCUT2D eigenvalue weighted by atomic mass is 9.82. The van der Waals surface area contributed by atoms with E-state index in [1.54, 1.807) is 44.2 Å². The molecule has 4 aromatic carbocycles. The average Bonchev–Trinajstić information content (AvgIpc) is 2.95. The van der Waals surface area contributed by atoms with Crippen LogP contribution in [0.15, 0.2) is 97.1 Å². The van der Waals surface area contributed by atoms with E-state index in [4.69, 9.17) is 4.74 Å². The molecule has 0 aliphatic carbocycles. The minimum absolute atomic E-state index is 0.135. The number of carbonyl (C=O) groups excluding carboxylic acids is 2. The fourth-order valence-corrected chi connectivity index (χ4v) is 5.25. The van der Waals surface area contributed by atoms with Gasteiger partial charge in [0.05, 0.1) is 6.04 Å². The molecule has 0 saturated carbocycles. The number of anilines is 1. The molecule has 1 heterocycles. The standard InChI is InChI=1S/C34H32FNO4/c1-22(37)26-20-25(15-14-23-10-6-4-7-11-23)31-29(21-26)30(32(38)34(2,3)40-31)36(28-18-16-27(35)17-19-28)33(39)24-12-8-5-9-13-24/h4-13,16-21,30,32,38H,14-15H2,1-3H3/t30-,32+/m1/s1. The number of aliphatic hydroxyl groups excluding tert-OH is 1. The molecule has 1 aliphatic heterocycles. The number of benzene rings is 4. The monoisotopic (exact) mass is 537 g/mol. The van der Waals surface area contributed by atoms with Crippen LogP contribution in [0.25, 0.3) is 0 Å². The minimum atomic E-state index is -1.16. The van der Waals surface area contributed by atoms with Crippen LogP contribution in [0.2, 0.25) is 0 Å². The zero-order valence-electron chi connectivity index (χ0n) is 22.8. The van der Waals surface area contributed by atoms with E-state index in [1.807, 2.05) is 42.5 Å². The summed E-state index contributed by atoms with van der Waals surface area (Å²) in [6, 6.07) is 27.1. The number of carbonyl (C=O) groups is 2. The molecule has 5 rings (SSSR count). The first-order valence-electron chi connectivity index (χ1n) is 13.4. The van der Waals surface area contributed by atoms with Crippen LogP contribution in [0.3, 0.4) is 0 Å². The molecule has 40 heavy (non-hydrogen) atoms. The molecule has 0 radical (unpaired) electrons. The minimum Gasteiger partial charge on any atom is -0.484 e. The second kappa shape index (κ2) is 11.1. The molecule has 0 saturated heterocycles. The fourth-order valence-electron chi connectivity index (χ4n) is 5.25. The molecule has 2 atom stereocenters. The molecule has 4 aromatic rings. The number of aryl methyl sites for hydroxylation is 2. The number of fused-ring (bicyclic) bond motifs is 1. The van der Waals surface area contributed by atoms with Crippen molar-refractivity contribution < 1.29 is 23.8 Å². The van der Waals surface area contributed by atoms with Crippen LogP contribution in [-0.2, 0) is 12.8 Å². The van der Waals surface area contributed by atoms with E-state index in [0.717, 1.165) is 17.5 Å². The van der Waals surface area contributed by atoms with E-state index in [9.17, 15) is 19.1 Å². The van der Waals surface area contributed by atoms with Crippen LogP contribution in [-0.4, -0.2) is 28.5 Å². The number of amides is 1. The number of ether oxygens (including phenoxy) is 1. The smallest absolute Gasteiger partial charge is 0.258 e. The highest BCUT2D eigenvalue weighted by atomic mass is 19.1. The summed E-state index contributed by atoms with van der Waals surface area (Å²) in [7, 11) is 0. The maximum Gasteiger partial charge on any atom is 0.258 e. The molecule has 1 aliphatic rings. The van der Waals surface area contributed by atoms with Crippen LogP contribution >= 0.6 is 0 Å². The third-order valence-corrected chi connectivity index (χ3v) is 7.44. The number of nitrogens with zero attached hydrogens (tertiary/aromatic N) is 1. The molecule has 0 fully saturated rings. The Kier molecular flexibility index (Phi) is 7.55. The highest BCUT2D eigenvalue weighted by molar-refractivity contribution is 6.07. The van der Waals surface area contributed by atoms with Gasteiger partial charge < -0.3 is 9.84 Å². The largest absolute Gasteiger partial charge is 0.484 e. The molecular formula is C34H32FNO4. The van der Waals surface area contributed by atoms with E-state index in [0.29, 0.717) is 34.5 Å². The number of rotatable bonds is 7. The third-order valence-electron chi connectivity index (χ3n) is 7.44. The van der Waals surface area contributed by atoms with Gasteiger partial charge in [0.25, 0.3) is 5.91 Å². The summed E-state index contributed by atoms with van der Waals surface area (Å²) < 4.78 is 20.4. The van der Waals surface area contributed by atoms with Crippen LogP contribution in [0.4, 0.5) is 10.1 Å².